The summed E-state index contributed by atoms with van der Waals surface area (Å²) in [5, 5.41) is 0. The Morgan fingerprint density at radius 1 is 1.10 bits per heavy atom. The predicted octanol–water partition coefficient (Wildman–Crippen LogP) is 3.94. The second-order valence-corrected chi connectivity index (χ2v) is 9.51. The molecule has 1 aliphatic heterocycles. The van der Waals surface area contributed by atoms with Crippen LogP contribution < -0.4 is 0 Å². The number of rotatable bonds is 7. The zero-order chi connectivity index (χ0) is 20.9. The lowest BCUT2D eigenvalue weighted by Crippen LogP contribution is -2.37. The number of piperidine rings is 1. The Bertz CT molecular complexity index is 932. The third-order valence-corrected chi connectivity index (χ3v) is 7.17. The third kappa shape index (κ3) is 5.14. The second kappa shape index (κ2) is 9.37. The van der Waals surface area contributed by atoms with Crippen molar-refractivity contribution in [3.8, 4) is 0 Å². The van der Waals surface area contributed by atoms with Crippen LogP contribution in [0.25, 0.3) is 0 Å². The van der Waals surface area contributed by atoms with Crippen molar-refractivity contribution in [2.45, 2.75) is 31.2 Å². The quantitative estimate of drug-likeness (QED) is 0.648. The number of hydrogen-bond donors (Lipinski definition) is 0. The van der Waals surface area contributed by atoms with Gasteiger partial charge in [0.05, 0.1) is 4.90 Å². The molecule has 2 aromatic rings. The Balaban J connectivity index is 1.73. The highest BCUT2D eigenvalue weighted by Gasteiger charge is 2.24. The predicted molar refractivity (Wildman–Crippen MR) is 115 cm³/mol. The SMILES string of the molecule is C=CCN(Cc1ccc(C(=O)N2CCC(C)CC2)cc1)S(=O)(=O)c1ccccc1. The molecule has 2 aromatic carbocycles. The molecule has 1 fully saturated rings. The average Bonchev–Trinajstić information content (AvgIpc) is 2.74. The fourth-order valence-corrected chi connectivity index (χ4v) is 4.90. The summed E-state index contributed by atoms with van der Waals surface area (Å²) in [6, 6.07) is 15.6. The van der Waals surface area contributed by atoms with E-state index < -0.39 is 10.0 Å². The maximum atomic E-state index is 13.0. The van der Waals surface area contributed by atoms with E-state index in [9.17, 15) is 13.2 Å². The summed E-state index contributed by atoms with van der Waals surface area (Å²) in [5.41, 5.74) is 1.47. The van der Waals surface area contributed by atoms with E-state index in [4.69, 9.17) is 0 Å². The van der Waals surface area contributed by atoms with Gasteiger partial charge >= 0.3 is 0 Å². The topological polar surface area (TPSA) is 57.7 Å². The van der Waals surface area contributed by atoms with E-state index in [1.54, 1.807) is 48.5 Å². The molecule has 0 unspecified atom stereocenters. The molecule has 0 radical (unpaired) electrons. The summed E-state index contributed by atoms with van der Waals surface area (Å²) in [6.07, 6.45) is 3.66. The minimum atomic E-state index is -3.62. The fraction of sp³-hybridized carbons (Fsp3) is 0.348. The Morgan fingerprint density at radius 2 is 1.72 bits per heavy atom. The van der Waals surface area contributed by atoms with Crippen molar-refractivity contribution in [3.63, 3.8) is 0 Å². The summed E-state index contributed by atoms with van der Waals surface area (Å²) in [4.78, 5) is 14.9. The lowest BCUT2D eigenvalue weighted by atomic mass is 9.98. The molecule has 1 heterocycles. The van der Waals surface area contributed by atoms with Gasteiger partial charge in [-0.1, -0.05) is 43.3 Å². The van der Waals surface area contributed by atoms with Gasteiger partial charge in [0.15, 0.2) is 0 Å². The second-order valence-electron chi connectivity index (χ2n) is 7.57. The number of carbonyl (C=O) groups is 1. The van der Waals surface area contributed by atoms with E-state index in [1.165, 1.54) is 4.31 Å². The minimum absolute atomic E-state index is 0.0447. The summed E-state index contributed by atoms with van der Waals surface area (Å²) in [6.45, 7) is 7.93. The third-order valence-electron chi connectivity index (χ3n) is 5.34. The van der Waals surface area contributed by atoms with Gasteiger partial charge in [0.25, 0.3) is 5.91 Å². The monoisotopic (exact) mass is 412 g/mol. The number of amides is 1. The standard InChI is InChI=1S/C23H28N2O3S/c1-3-15-25(29(27,28)22-7-5-4-6-8-22)18-20-9-11-21(12-10-20)23(26)24-16-13-19(2)14-17-24/h3-12,19H,1,13-18H2,2H3. The first-order valence-electron chi connectivity index (χ1n) is 9.96. The van der Waals surface area contributed by atoms with Gasteiger partial charge in [-0.2, -0.15) is 4.31 Å². The van der Waals surface area contributed by atoms with Crippen molar-refractivity contribution in [1.29, 1.82) is 0 Å². The van der Waals surface area contributed by atoms with Crippen LogP contribution in [0.2, 0.25) is 0 Å². The van der Waals surface area contributed by atoms with Crippen molar-refractivity contribution < 1.29 is 13.2 Å². The highest BCUT2D eigenvalue weighted by molar-refractivity contribution is 7.89. The van der Waals surface area contributed by atoms with Crippen molar-refractivity contribution in [2.24, 2.45) is 5.92 Å². The molecule has 1 saturated heterocycles. The first-order chi connectivity index (χ1) is 13.9. The maximum absolute atomic E-state index is 13.0. The molecule has 0 saturated carbocycles. The molecule has 154 valence electrons. The number of likely N-dealkylation sites (tertiary alicyclic amines) is 1. The summed E-state index contributed by atoms with van der Waals surface area (Å²) in [5.74, 6) is 0.715. The fourth-order valence-electron chi connectivity index (χ4n) is 3.48. The van der Waals surface area contributed by atoms with Gasteiger partial charge in [-0.3, -0.25) is 4.79 Å². The largest absolute Gasteiger partial charge is 0.339 e. The lowest BCUT2D eigenvalue weighted by molar-refractivity contribution is 0.0697. The average molecular weight is 413 g/mol. The van der Waals surface area contributed by atoms with Crippen molar-refractivity contribution in [1.82, 2.24) is 9.21 Å². The van der Waals surface area contributed by atoms with E-state index in [0.29, 0.717) is 11.5 Å². The number of carbonyl (C=O) groups excluding carboxylic acids is 1. The van der Waals surface area contributed by atoms with E-state index in [2.05, 4.69) is 13.5 Å². The van der Waals surface area contributed by atoms with E-state index in [-0.39, 0.29) is 23.9 Å². The first-order valence-corrected chi connectivity index (χ1v) is 11.4. The van der Waals surface area contributed by atoms with Gasteiger partial charge in [-0.15, -0.1) is 6.58 Å². The number of sulfonamides is 1. The smallest absolute Gasteiger partial charge is 0.253 e. The summed E-state index contributed by atoms with van der Waals surface area (Å²) < 4.78 is 27.3. The van der Waals surface area contributed by atoms with Gasteiger partial charge in [-0.25, -0.2) is 8.42 Å². The molecule has 1 aliphatic rings. The molecular formula is C23H28N2O3S. The maximum Gasteiger partial charge on any atom is 0.253 e. The number of benzene rings is 2. The van der Waals surface area contributed by atoms with E-state index >= 15 is 0 Å². The van der Waals surface area contributed by atoms with Crippen LogP contribution in [0, 0.1) is 5.92 Å². The molecule has 6 heteroatoms. The van der Waals surface area contributed by atoms with Crippen LogP contribution in [-0.2, 0) is 16.6 Å². The van der Waals surface area contributed by atoms with Crippen LogP contribution in [0.3, 0.4) is 0 Å². The van der Waals surface area contributed by atoms with Crippen molar-refractivity contribution in [2.75, 3.05) is 19.6 Å². The van der Waals surface area contributed by atoms with Gasteiger partial charge in [0.2, 0.25) is 10.0 Å². The van der Waals surface area contributed by atoms with E-state index in [0.717, 1.165) is 31.5 Å². The molecule has 0 spiro atoms. The zero-order valence-electron chi connectivity index (χ0n) is 16.8. The zero-order valence-corrected chi connectivity index (χ0v) is 17.6. The van der Waals surface area contributed by atoms with Gasteiger partial charge in [0.1, 0.15) is 0 Å². The van der Waals surface area contributed by atoms with Crippen LogP contribution in [0.5, 0.6) is 0 Å². The molecule has 29 heavy (non-hydrogen) atoms. The Morgan fingerprint density at radius 3 is 2.31 bits per heavy atom. The molecule has 0 aromatic heterocycles. The van der Waals surface area contributed by atoms with Crippen LogP contribution in [0.1, 0.15) is 35.7 Å². The van der Waals surface area contributed by atoms with Crippen molar-refractivity contribution >= 4 is 15.9 Å². The molecule has 0 bridgehead atoms. The minimum Gasteiger partial charge on any atom is -0.339 e. The summed E-state index contributed by atoms with van der Waals surface area (Å²) >= 11 is 0. The normalized spacial score (nSPS) is 15.4. The Kier molecular flexibility index (Phi) is 6.87. The summed E-state index contributed by atoms with van der Waals surface area (Å²) in [7, 11) is -3.62. The molecule has 3 rings (SSSR count). The molecule has 0 aliphatic carbocycles. The molecule has 0 atom stereocenters. The van der Waals surface area contributed by atoms with Crippen LogP contribution >= 0.6 is 0 Å². The lowest BCUT2D eigenvalue weighted by Gasteiger charge is -2.30. The van der Waals surface area contributed by atoms with Gasteiger partial charge in [0, 0.05) is 31.7 Å². The van der Waals surface area contributed by atoms with Gasteiger partial charge < -0.3 is 4.90 Å². The van der Waals surface area contributed by atoms with E-state index in [1.807, 2.05) is 17.0 Å². The first kappa shape index (κ1) is 21.3. The van der Waals surface area contributed by atoms with Crippen molar-refractivity contribution in [3.05, 3.63) is 78.4 Å². The highest BCUT2D eigenvalue weighted by Crippen LogP contribution is 2.20. The van der Waals surface area contributed by atoms with Crippen LogP contribution in [0.4, 0.5) is 0 Å². The van der Waals surface area contributed by atoms with Crippen LogP contribution in [-0.4, -0.2) is 43.2 Å². The molecular weight excluding hydrogens is 384 g/mol. The van der Waals surface area contributed by atoms with Crippen LogP contribution in [0.15, 0.2) is 72.1 Å². The van der Waals surface area contributed by atoms with Gasteiger partial charge in [-0.05, 0) is 48.6 Å². The molecule has 0 N–H and O–H groups in total. The number of nitrogens with zero attached hydrogens (tertiary/aromatic N) is 2. The Hall–Kier alpha value is -2.44. The molecule has 5 nitrogen and oxygen atoms in total. The Labute approximate surface area is 173 Å². The highest BCUT2D eigenvalue weighted by atomic mass is 32.2. The number of hydrogen-bond acceptors (Lipinski definition) is 3. The molecule has 1 amide bonds.